The van der Waals surface area contributed by atoms with Crippen LogP contribution in [0.25, 0.3) is 0 Å². The second-order valence-electron chi connectivity index (χ2n) is 6.94. The summed E-state index contributed by atoms with van der Waals surface area (Å²) in [6.45, 7) is 1.62. The molecule has 0 bridgehead atoms. The van der Waals surface area contributed by atoms with E-state index in [0.29, 0.717) is 40.1 Å². The first-order valence-corrected chi connectivity index (χ1v) is 10.8. The zero-order valence-electron chi connectivity index (χ0n) is 16.1. The number of anilines is 1. The molecule has 6 nitrogen and oxygen atoms in total. The van der Waals surface area contributed by atoms with Gasteiger partial charge in [-0.1, -0.05) is 23.7 Å². The molecular formula is C22H20ClN3O3S. The summed E-state index contributed by atoms with van der Waals surface area (Å²) in [5.41, 5.74) is 2.00. The number of benzene rings is 2. The van der Waals surface area contributed by atoms with Crippen molar-refractivity contribution >= 4 is 40.4 Å². The summed E-state index contributed by atoms with van der Waals surface area (Å²) in [6, 6.07) is 14.6. The monoisotopic (exact) mass is 441 g/mol. The van der Waals surface area contributed by atoms with Crippen LogP contribution in [0.4, 0.5) is 5.69 Å². The summed E-state index contributed by atoms with van der Waals surface area (Å²) >= 11 is 7.23. The molecule has 2 heterocycles. The molecule has 0 aliphatic carbocycles. The van der Waals surface area contributed by atoms with Crippen LogP contribution in [0.1, 0.15) is 33.9 Å². The number of rotatable bonds is 7. The van der Waals surface area contributed by atoms with Gasteiger partial charge in [0.2, 0.25) is 5.91 Å². The highest BCUT2D eigenvalue weighted by Crippen LogP contribution is 2.20. The molecule has 1 N–H and O–H groups in total. The van der Waals surface area contributed by atoms with E-state index in [1.165, 1.54) is 11.3 Å². The minimum Gasteiger partial charge on any atom is -0.486 e. The van der Waals surface area contributed by atoms with Gasteiger partial charge < -0.3 is 15.0 Å². The Morgan fingerprint density at radius 3 is 2.83 bits per heavy atom. The Bertz CT molecular complexity index is 1050. The van der Waals surface area contributed by atoms with E-state index in [2.05, 4.69) is 10.3 Å². The first kappa shape index (κ1) is 20.4. The Kier molecular flexibility index (Phi) is 6.30. The maximum atomic E-state index is 12.6. The Labute approximate surface area is 183 Å². The Balaban J connectivity index is 1.34. The van der Waals surface area contributed by atoms with Gasteiger partial charge in [-0.05, 0) is 48.4 Å². The largest absolute Gasteiger partial charge is 0.486 e. The SMILES string of the molecule is O=C(Nc1cccc(CN2CCCC2=O)c1)c1csc(COc2ccc(Cl)cc2)n1. The summed E-state index contributed by atoms with van der Waals surface area (Å²) in [7, 11) is 0. The number of nitrogens with zero attached hydrogens (tertiary/aromatic N) is 2. The van der Waals surface area contributed by atoms with Gasteiger partial charge in [-0.3, -0.25) is 9.59 Å². The van der Waals surface area contributed by atoms with E-state index in [0.717, 1.165) is 18.5 Å². The highest BCUT2D eigenvalue weighted by molar-refractivity contribution is 7.09. The smallest absolute Gasteiger partial charge is 0.275 e. The predicted octanol–water partition coefficient (Wildman–Crippen LogP) is 4.75. The number of nitrogens with one attached hydrogen (secondary N) is 1. The number of halogens is 1. The number of hydrogen-bond donors (Lipinski definition) is 1. The van der Waals surface area contributed by atoms with Crippen LogP contribution in [-0.4, -0.2) is 28.2 Å². The molecular weight excluding hydrogens is 422 g/mol. The van der Waals surface area contributed by atoms with Gasteiger partial charge in [-0.2, -0.15) is 0 Å². The Morgan fingerprint density at radius 2 is 2.07 bits per heavy atom. The van der Waals surface area contributed by atoms with Gasteiger partial charge in [0.1, 0.15) is 23.1 Å². The lowest BCUT2D eigenvalue weighted by molar-refractivity contribution is -0.128. The van der Waals surface area contributed by atoms with Crippen LogP contribution < -0.4 is 10.1 Å². The van der Waals surface area contributed by atoms with Crippen LogP contribution in [0.15, 0.2) is 53.9 Å². The number of amides is 2. The van der Waals surface area contributed by atoms with Crippen LogP contribution in [0.2, 0.25) is 5.02 Å². The van der Waals surface area contributed by atoms with Crippen LogP contribution >= 0.6 is 22.9 Å². The van der Waals surface area contributed by atoms with Crippen molar-refractivity contribution in [2.75, 3.05) is 11.9 Å². The van der Waals surface area contributed by atoms with Crippen LogP contribution in [0, 0.1) is 0 Å². The molecule has 1 aliphatic rings. The number of likely N-dealkylation sites (tertiary alicyclic amines) is 1. The number of carbonyl (C=O) groups excluding carboxylic acids is 2. The number of ether oxygens (including phenoxy) is 1. The zero-order valence-corrected chi connectivity index (χ0v) is 17.7. The minimum absolute atomic E-state index is 0.181. The van der Waals surface area contributed by atoms with Gasteiger partial charge in [0.15, 0.2) is 0 Å². The average molecular weight is 442 g/mol. The normalized spacial score (nSPS) is 13.5. The molecule has 1 aromatic heterocycles. The van der Waals surface area contributed by atoms with Gasteiger partial charge in [-0.15, -0.1) is 11.3 Å². The second-order valence-corrected chi connectivity index (χ2v) is 8.32. The molecule has 4 rings (SSSR count). The molecule has 2 aromatic carbocycles. The molecule has 0 spiro atoms. The van der Waals surface area contributed by atoms with Gasteiger partial charge in [0, 0.05) is 35.6 Å². The van der Waals surface area contributed by atoms with Gasteiger partial charge in [-0.25, -0.2) is 4.98 Å². The van der Waals surface area contributed by atoms with Crippen LogP contribution in [0.3, 0.4) is 0 Å². The van der Waals surface area contributed by atoms with E-state index in [4.69, 9.17) is 16.3 Å². The highest BCUT2D eigenvalue weighted by Gasteiger charge is 2.20. The molecule has 1 fully saturated rings. The highest BCUT2D eigenvalue weighted by atomic mass is 35.5. The predicted molar refractivity (Wildman–Crippen MR) is 117 cm³/mol. The molecule has 0 unspecified atom stereocenters. The molecule has 154 valence electrons. The summed E-state index contributed by atoms with van der Waals surface area (Å²) in [5.74, 6) is 0.590. The fraction of sp³-hybridized carbons (Fsp3) is 0.227. The Hall–Kier alpha value is -2.90. The summed E-state index contributed by atoms with van der Waals surface area (Å²) < 4.78 is 5.67. The lowest BCUT2D eigenvalue weighted by Crippen LogP contribution is -2.23. The molecule has 1 saturated heterocycles. The van der Waals surface area contributed by atoms with E-state index in [-0.39, 0.29) is 18.4 Å². The summed E-state index contributed by atoms with van der Waals surface area (Å²) in [6.07, 6.45) is 1.52. The van der Waals surface area contributed by atoms with Crippen molar-refractivity contribution in [3.8, 4) is 5.75 Å². The topological polar surface area (TPSA) is 71.5 Å². The third kappa shape index (κ3) is 5.17. The molecule has 0 radical (unpaired) electrons. The second kappa shape index (κ2) is 9.28. The molecule has 8 heteroatoms. The first-order valence-electron chi connectivity index (χ1n) is 9.58. The Morgan fingerprint density at radius 1 is 1.23 bits per heavy atom. The van der Waals surface area contributed by atoms with E-state index >= 15 is 0 Å². The molecule has 2 amide bonds. The molecule has 0 saturated carbocycles. The standard InChI is InChI=1S/C22H20ClN3O3S/c23-16-6-8-18(9-7-16)29-13-20-25-19(14-30-20)22(28)24-17-4-1-3-15(11-17)12-26-10-2-5-21(26)27/h1,3-4,6-9,11,14H,2,5,10,12-13H2,(H,24,28). The molecule has 0 atom stereocenters. The fourth-order valence-electron chi connectivity index (χ4n) is 3.19. The maximum Gasteiger partial charge on any atom is 0.275 e. The molecule has 30 heavy (non-hydrogen) atoms. The average Bonchev–Trinajstić information content (AvgIpc) is 3.37. The third-order valence-electron chi connectivity index (χ3n) is 4.69. The van der Waals surface area contributed by atoms with E-state index < -0.39 is 0 Å². The van der Waals surface area contributed by atoms with Crippen molar-refractivity contribution in [1.29, 1.82) is 0 Å². The van der Waals surface area contributed by atoms with Crippen molar-refractivity contribution < 1.29 is 14.3 Å². The van der Waals surface area contributed by atoms with E-state index in [1.807, 2.05) is 29.2 Å². The van der Waals surface area contributed by atoms with Gasteiger partial charge in [0.05, 0.1) is 0 Å². The quantitative estimate of drug-likeness (QED) is 0.574. The van der Waals surface area contributed by atoms with Crippen molar-refractivity contribution in [1.82, 2.24) is 9.88 Å². The van der Waals surface area contributed by atoms with Crippen LogP contribution in [0.5, 0.6) is 5.75 Å². The third-order valence-corrected chi connectivity index (χ3v) is 5.76. The summed E-state index contributed by atoms with van der Waals surface area (Å²) in [4.78, 5) is 30.6. The summed E-state index contributed by atoms with van der Waals surface area (Å²) in [5, 5.41) is 5.94. The van der Waals surface area contributed by atoms with Crippen LogP contribution in [-0.2, 0) is 17.9 Å². The van der Waals surface area contributed by atoms with E-state index in [1.54, 1.807) is 29.6 Å². The zero-order chi connectivity index (χ0) is 20.9. The minimum atomic E-state index is -0.279. The van der Waals surface area contributed by atoms with Crippen molar-refractivity contribution in [2.24, 2.45) is 0 Å². The van der Waals surface area contributed by atoms with E-state index in [9.17, 15) is 9.59 Å². The number of hydrogen-bond acceptors (Lipinski definition) is 5. The number of thiazole rings is 1. The van der Waals surface area contributed by atoms with Crippen molar-refractivity contribution in [3.05, 3.63) is 75.2 Å². The first-order chi connectivity index (χ1) is 14.6. The molecule has 3 aromatic rings. The number of carbonyl (C=O) groups is 2. The lowest BCUT2D eigenvalue weighted by Gasteiger charge is -2.16. The van der Waals surface area contributed by atoms with Crippen molar-refractivity contribution in [3.63, 3.8) is 0 Å². The van der Waals surface area contributed by atoms with Gasteiger partial charge in [0.25, 0.3) is 5.91 Å². The van der Waals surface area contributed by atoms with Crippen molar-refractivity contribution in [2.45, 2.75) is 26.0 Å². The molecule has 1 aliphatic heterocycles. The van der Waals surface area contributed by atoms with Gasteiger partial charge >= 0.3 is 0 Å². The number of aromatic nitrogens is 1. The maximum absolute atomic E-state index is 12.6. The fourth-order valence-corrected chi connectivity index (χ4v) is 4.00. The lowest BCUT2D eigenvalue weighted by atomic mass is 10.2.